The van der Waals surface area contributed by atoms with Crippen molar-refractivity contribution in [2.24, 2.45) is 0 Å². The second kappa shape index (κ2) is 13.8. The normalized spacial score (nSPS) is 11.7. The molecule has 3 heteroatoms. The number of nitrogens with zero attached hydrogens (tertiary/aromatic N) is 1. The summed E-state index contributed by atoms with van der Waals surface area (Å²) in [5.74, 6) is 0. The van der Waals surface area contributed by atoms with Gasteiger partial charge >= 0.3 is 0 Å². The minimum absolute atomic E-state index is 1.11. The first-order valence-corrected chi connectivity index (χ1v) is 21.7. The molecule has 12 aromatic rings. The van der Waals surface area contributed by atoms with Gasteiger partial charge < -0.3 is 4.90 Å². The van der Waals surface area contributed by atoms with Crippen LogP contribution >= 0.6 is 22.7 Å². The van der Waals surface area contributed by atoms with Crippen LogP contribution in [-0.2, 0) is 0 Å². The Morgan fingerprint density at radius 1 is 0.288 bits per heavy atom. The summed E-state index contributed by atoms with van der Waals surface area (Å²) >= 11 is 3.81. The Kier molecular flexibility index (Phi) is 7.97. The molecule has 10 aromatic carbocycles. The van der Waals surface area contributed by atoms with Crippen LogP contribution in [0, 0.1) is 0 Å². The van der Waals surface area contributed by atoms with E-state index in [0.717, 1.165) is 17.1 Å². The lowest BCUT2D eigenvalue weighted by molar-refractivity contribution is 1.28. The fourth-order valence-electron chi connectivity index (χ4n) is 9.02. The number of hydrogen-bond donors (Lipinski definition) is 0. The van der Waals surface area contributed by atoms with Crippen molar-refractivity contribution in [3.05, 3.63) is 212 Å². The summed E-state index contributed by atoms with van der Waals surface area (Å²) in [6.45, 7) is 0. The van der Waals surface area contributed by atoms with Crippen LogP contribution in [0.25, 0.3) is 95.3 Å². The largest absolute Gasteiger partial charge is 0.310 e. The second-order valence-electron chi connectivity index (χ2n) is 15.3. The molecule has 2 aromatic heterocycles. The van der Waals surface area contributed by atoms with Crippen LogP contribution < -0.4 is 4.90 Å². The van der Waals surface area contributed by atoms with E-state index in [1.54, 1.807) is 0 Å². The predicted molar refractivity (Wildman–Crippen MR) is 258 cm³/mol. The van der Waals surface area contributed by atoms with Gasteiger partial charge in [-0.25, -0.2) is 0 Å². The quantitative estimate of drug-likeness (QED) is 0.162. The summed E-state index contributed by atoms with van der Waals surface area (Å²) in [5.41, 5.74) is 10.7. The average molecular weight is 786 g/mol. The van der Waals surface area contributed by atoms with E-state index in [9.17, 15) is 0 Å². The summed E-state index contributed by atoms with van der Waals surface area (Å²) < 4.78 is 5.36. The van der Waals surface area contributed by atoms with Crippen LogP contribution in [0.15, 0.2) is 212 Å². The molecule has 0 radical (unpaired) electrons. The molecule has 0 saturated heterocycles. The molecule has 0 bridgehead atoms. The Labute approximate surface area is 350 Å². The van der Waals surface area contributed by atoms with E-state index in [1.807, 2.05) is 22.7 Å². The number of rotatable bonds is 6. The molecule has 12 rings (SSSR count). The maximum atomic E-state index is 2.40. The molecule has 1 nitrogen and oxygen atoms in total. The fourth-order valence-corrected chi connectivity index (χ4v) is 11.5. The molecule has 0 fully saturated rings. The van der Waals surface area contributed by atoms with Gasteiger partial charge in [0.25, 0.3) is 0 Å². The molecule has 2 heterocycles. The highest BCUT2D eigenvalue weighted by atomic mass is 32.1. The lowest BCUT2D eigenvalue weighted by atomic mass is 9.97. The minimum Gasteiger partial charge on any atom is -0.310 e. The summed E-state index contributed by atoms with van der Waals surface area (Å²) in [5, 5.41) is 10.4. The van der Waals surface area contributed by atoms with Crippen molar-refractivity contribution >= 4 is 102 Å². The van der Waals surface area contributed by atoms with Gasteiger partial charge in [-0.3, -0.25) is 0 Å². The third-order valence-corrected chi connectivity index (χ3v) is 14.2. The van der Waals surface area contributed by atoms with E-state index in [2.05, 4.69) is 217 Å². The van der Waals surface area contributed by atoms with Crippen LogP contribution in [0.5, 0.6) is 0 Å². The van der Waals surface area contributed by atoms with Crippen molar-refractivity contribution in [2.45, 2.75) is 0 Å². The van der Waals surface area contributed by atoms with Crippen molar-refractivity contribution in [1.29, 1.82) is 0 Å². The number of fused-ring (bicyclic) bond motifs is 9. The number of anilines is 3. The van der Waals surface area contributed by atoms with Gasteiger partial charge in [0.2, 0.25) is 0 Å². The molecule has 0 unspecified atom stereocenters. The van der Waals surface area contributed by atoms with Gasteiger partial charge in [0.05, 0.1) is 0 Å². The molecule has 59 heavy (non-hydrogen) atoms. The summed E-state index contributed by atoms with van der Waals surface area (Å²) in [7, 11) is 0. The molecule has 0 amide bonds. The van der Waals surface area contributed by atoms with E-state index in [1.165, 1.54) is 95.3 Å². The summed E-state index contributed by atoms with van der Waals surface area (Å²) in [4.78, 5) is 2.40. The first kappa shape index (κ1) is 34.0. The van der Waals surface area contributed by atoms with Crippen LogP contribution in [0.1, 0.15) is 0 Å². The van der Waals surface area contributed by atoms with Crippen molar-refractivity contribution in [2.75, 3.05) is 4.90 Å². The SMILES string of the molecule is c1cc(-c2cccc3sc4ccc5c6ccccc6sc5c4c23)cc(N(c2ccc(-c3ccc4ccccc4c3)cc2)c2ccc(-c3cccc4ccccc34)cc2)c1. The fraction of sp³-hybridized carbons (Fsp3) is 0. The molecule has 0 N–H and O–H groups in total. The van der Waals surface area contributed by atoms with Crippen LogP contribution in [0.4, 0.5) is 17.1 Å². The smallest absolute Gasteiger partial charge is 0.0467 e. The molecule has 276 valence electrons. The lowest BCUT2D eigenvalue weighted by Crippen LogP contribution is -2.10. The van der Waals surface area contributed by atoms with Gasteiger partial charge in [0, 0.05) is 57.4 Å². The Bertz CT molecular complexity index is 3550. The molecule has 0 aliphatic heterocycles. The van der Waals surface area contributed by atoms with Crippen molar-refractivity contribution < 1.29 is 0 Å². The van der Waals surface area contributed by atoms with Gasteiger partial charge in [-0.1, -0.05) is 152 Å². The van der Waals surface area contributed by atoms with Gasteiger partial charge in [-0.2, -0.15) is 0 Å². The zero-order valence-electron chi connectivity index (χ0n) is 32.0. The molecular formula is C56H35NS2. The summed E-state index contributed by atoms with van der Waals surface area (Å²) in [6.07, 6.45) is 0. The molecule has 0 aliphatic carbocycles. The standard InChI is InChI=1S/C56H35NS2/c1-2-12-40-34-41(23-22-36(40)10-1)37-24-28-43(29-25-37)57(44-30-26-39(27-31-44)47-18-8-13-38-11-3-4-16-46(38)47)45-15-7-14-42(35-45)48-19-9-21-52-54(48)55-53(58-52)33-32-50-49-17-5-6-20-51(49)59-56(50)55/h1-35H. The van der Waals surface area contributed by atoms with E-state index < -0.39 is 0 Å². The van der Waals surface area contributed by atoms with Crippen molar-refractivity contribution in [3.8, 4) is 33.4 Å². The number of thiophene rings is 2. The molecule has 0 aliphatic rings. The number of hydrogen-bond acceptors (Lipinski definition) is 3. The molecular weight excluding hydrogens is 751 g/mol. The van der Waals surface area contributed by atoms with Gasteiger partial charge in [0.15, 0.2) is 0 Å². The second-order valence-corrected chi connectivity index (χ2v) is 17.4. The van der Waals surface area contributed by atoms with E-state index in [0.29, 0.717) is 0 Å². The Morgan fingerprint density at radius 2 is 0.915 bits per heavy atom. The lowest BCUT2D eigenvalue weighted by Gasteiger charge is -2.26. The first-order valence-electron chi connectivity index (χ1n) is 20.1. The maximum Gasteiger partial charge on any atom is 0.0467 e. The predicted octanol–water partition coefficient (Wildman–Crippen LogP) is 17.2. The molecule has 0 saturated carbocycles. The zero-order valence-corrected chi connectivity index (χ0v) is 33.6. The van der Waals surface area contributed by atoms with E-state index in [-0.39, 0.29) is 0 Å². The molecule has 0 atom stereocenters. The number of benzene rings is 10. The van der Waals surface area contributed by atoms with E-state index in [4.69, 9.17) is 0 Å². The highest BCUT2D eigenvalue weighted by molar-refractivity contribution is 7.29. The van der Waals surface area contributed by atoms with E-state index >= 15 is 0 Å². The summed E-state index contributed by atoms with van der Waals surface area (Å²) in [6, 6.07) is 78.0. The minimum atomic E-state index is 1.11. The van der Waals surface area contributed by atoms with Gasteiger partial charge in [0.1, 0.15) is 0 Å². The maximum absolute atomic E-state index is 2.40. The Morgan fingerprint density at radius 3 is 1.76 bits per heavy atom. The molecule has 0 spiro atoms. The zero-order chi connectivity index (χ0) is 38.9. The first-order chi connectivity index (χ1) is 29.2. The van der Waals surface area contributed by atoms with Gasteiger partial charge in [-0.15, -0.1) is 22.7 Å². The topological polar surface area (TPSA) is 3.24 Å². The van der Waals surface area contributed by atoms with Gasteiger partial charge in [-0.05, 0) is 116 Å². The van der Waals surface area contributed by atoms with Crippen molar-refractivity contribution in [1.82, 2.24) is 0 Å². The van der Waals surface area contributed by atoms with Crippen LogP contribution in [0.3, 0.4) is 0 Å². The van der Waals surface area contributed by atoms with Crippen LogP contribution in [0.2, 0.25) is 0 Å². The Balaban J connectivity index is 1.01. The highest BCUT2D eigenvalue weighted by Gasteiger charge is 2.19. The Hall–Kier alpha value is -7.04. The monoisotopic (exact) mass is 785 g/mol. The third-order valence-electron chi connectivity index (χ3n) is 11.9. The third kappa shape index (κ3) is 5.73. The van der Waals surface area contributed by atoms with Crippen molar-refractivity contribution in [3.63, 3.8) is 0 Å². The highest BCUT2D eigenvalue weighted by Crippen LogP contribution is 2.48. The average Bonchev–Trinajstić information content (AvgIpc) is 3.88. The van der Waals surface area contributed by atoms with Crippen LogP contribution in [-0.4, -0.2) is 0 Å².